The van der Waals surface area contributed by atoms with E-state index in [1.807, 2.05) is 18.2 Å². The van der Waals surface area contributed by atoms with E-state index in [9.17, 15) is 0 Å². The zero-order valence-electron chi connectivity index (χ0n) is 6.37. The summed E-state index contributed by atoms with van der Waals surface area (Å²) < 4.78 is 0. The smallest absolute Gasteiger partial charge is 0.0877 e. The molecule has 0 aliphatic carbocycles. The van der Waals surface area contributed by atoms with Gasteiger partial charge in [-0.05, 0) is 12.1 Å². The highest BCUT2D eigenvalue weighted by Gasteiger charge is 1.95. The fraction of sp³-hybridized carbons (Fsp3) is 0.125. The van der Waals surface area contributed by atoms with E-state index in [2.05, 4.69) is 21.9 Å². The van der Waals surface area contributed by atoms with Crippen LogP contribution in [0.4, 0.5) is 0 Å². The highest BCUT2D eigenvalue weighted by Crippen LogP contribution is 2.02. The Morgan fingerprint density at radius 1 is 1.64 bits per heavy atom. The normalized spacial score (nSPS) is 9.18. The molecule has 0 bridgehead atoms. The van der Waals surface area contributed by atoms with Crippen molar-refractivity contribution in [1.82, 2.24) is 10.5 Å². The second kappa shape index (κ2) is 3.73. The van der Waals surface area contributed by atoms with Crippen LogP contribution in [0.3, 0.4) is 0 Å². The molecular weight excluding hydrogens is 140 g/mol. The van der Waals surface area contributed by atoms with Gasteiger partial charge in [0.2, 0.25) is 0 Å². The number of hydrogen-bond donors (Lipinski definition) is 1. The van der Waals surface area contributed by atoms with Gasteiger partial charge in [0.15, 0.2) is 0 Å². The second-order valence-electron chi connectivity index (χ2n) is 2.00. The van der Waals surface area contributed by atoms with E-state index in [0.29, 0.717) is 5.70 Å². The molecule has 0 atom stereocenters. The first kappa shape index (κ1) is 7.75. The van der Waals surface area contributed by atoms with Gasteiger partial charge in [-0.25, -0.2) is 0 Å². The molecule has 0 aliphatic heterocycles. The summed E-state index contributed by atoms with van der Waals surface area (Å²) in [4.78, 5) is 8.72. The summed E-state index contributed by atoms with van der Waals surface area (Å²) in [5, 5.41) is 0. The predicted molar refractivity (Wildman–Crippen MR) is 43.4 cm³/mol. The summed E-state index contributed by atoms with van der Waals surface area (Å²) >= 11 is 0. The number of aromatic nitrogens is 1. The molecule has 3 heteroatoms. The highest BCUT2D eigenvalue weighted by atomic mass is 16.6. The Bertz CT molecular complexity index is 233. The minimum Gasteiger partial charge on any atom is -0.279 e. The lowest BCUT2D eigenvalue weighted by molar-refractivity contribution is 0.136. The van der Waals surface area contributed by atoms with Crippen molar-refractivity contribution in [2.24, 2.45) is 0 Å². The first-order chi connectivity index (χ1) is 5.34. The summed E-state index contributed by atoms with van der Waals surface area (Å²) in [7, 11) is 1.54. The number of hydrogen-bond acceptors (Lipinski definition) is 3. The quantitative estimate of drug-likeness (QED) is 0.657. The Morgan fingerprint density at radius 3 is 3.00 bits per heavy atom. The molecule has 0 fully saturated rings. The maximum atomic E-state index is 4.67. The Balaban J connectivity index is 2.69. The molecule has 0 aromatic carbocycles. The number of pyridine rings is 1. The minimum atomic E-state index is 0.660. The fourth-order valence-corrected chi connectivity index (χ4v) is 0.717. The molecule has 11 heavy (non-hydrogen) atoms. The van der Waals surface area contributed by atoms with Gasteiger partial charge < -0.3 is 0 Å². The van der Waals surface area contributed by atoms with Crippen LogP contribution in [0.25, 0.3) is 5.70 Å². The Kier molecular flexibility index (Phi) is 2.63. The fourth-order valence-electron chi connectivity index (χ4n) is 0.717. The summed E-state index contributed by atoms with van der Waals surface area (Å²) in [6.45, 7) is 3.72. The third-order valence-corrected chi connectivity index (χ3v) is 1.20. The lowest BCUT2D eigenvalue weighted by Gasteiger charge is -2.04. The van der Waals surface area contributed by atoms with Gasteiger partial charge in [0.25, 0.3) is 0 Å². The second-order valence-corrected chi connectivity index (χ2v) is 2.00. The average molecular weight is 150 g/mol. The predicted octanol–water partition coefficient (Wildman–Crippen LogP) is 1.20. The first-order valence-corrected chi connectivity index (χ1v) is 3.24. The van der Waals surface area contributed by atoms with Crippen LogP contribution in [0.2, 0.25) is 0 Å². The maximum Gasteiger partial charge on any atom is 0.0877 e. The van der Waals surface area contributed by atoms with Crippen LogP contribution < -0.4 is 5.48 Å². The third-order valence-electron chi connectivity index (χ3n) is 1.20. The molecule has 0 amide bonds. The van der Waals surface area contributed by atoms with Gasteiger partial charge >= 0.3 is 0 Å². The van der Waals surface area contributed by atoms with Crippen LogP contribution in [0, 0.1) is 0 Å². The summed E-state index contributed by atoms with van der Waals surface area (Å²) in [6, 6.07) is 5.60. The number of nitrogens with one attached hydrogen (secondary N) is 1. The minimum absolute atomic E-state index is 0.660. The molecule has 1 rings (SSSR count). The molecule has 3 nitrogen and oxygen atoms in total. The van der Waals surface area contributed by atoms with Crippen molar-refractivity contribution in [3.8, 4) is 0 Å². The van der Waals surface area contributed by atoms with Crippen LogP contribution in [-0.2, 0) is 4.84 Å². The molecule has 0 unspecified atom stereocenters. The van der Waals surface area contributed by atoms with Crippen LogP contribution >= 0.6 is 0 Å². The van der Waals surface area contributed by atoms with Gasteiger partial charge in [-0.1, -0.05) is 12.6 Å². The van der Waals surface area contributed by atoms with E-state index in [1.165, 1.54) is 7.11 Å². The third kappa shape index (κ3) is 2.05. The van der Waals surface area contributed by atoms with Crippen LogP contribution in [-0.4, -0.2) is 12.1 Å². The molecule has 0 saturated carbocycles. The van der Waals surface area contributed by atoms with Crippen LogP contribution in [0.1, 0.15) is 5.69 Å². The van der Waals surface area contributed by atoms with Crippen molar-refractivity contribution in [3.05, 3.63) is 36.7 Å². The van der Waals surface area contributed by atoms with Crippen molar-refractivity contribution >= 4 is 5.70 Å². The van der Waals surface area contributed by atoms with Crippen molar-refractivity contribution in [2.45, 2.75) is 0 Å². The Morgan fingerprint density at radius 2 is 2.45 bits per heavy atom. The van der Waals surface area contributed by atoms with Crippen molar-refractivity contribution in [2.75, 3.05) is 7.11 Å². The summed E-state index contributed by atoms with van der Waals surface area (Å²) in [6.07, 6.45) is 1.71. The van der Waals surface area contributed by atoms with E-state index in [1.54, 1.807) is 6.20 Å². The van der Waals surface area contributed by atoms with E-state index >= 15 is 0 Å². The largest absolute Gasteiger partial charge is 0.279 e. The van der Waals surface area contributed by atoms with Crippen molar-refractivity contribution in [3.63, 3.8) is 0 Å². The maximum absolute atomic E-state index is 4.67. The molecule has 0 aliphatic rings. The monoisotopic (exact) mass is 150 g/mol. The Labute approximate surface area is 65.7 Å². The molecule has 0 spiro atoms. The summed E-state index contributed by atoms with van der Waals surface area (Å²) in [5.74, 6) is 0. The van der Waals surface area contributed by atoms with E-state index in [0.717, 1.165) is 5.69 Å². The lowest BCUT2D eigenvalue weighted by Crippen LogP contribution is -2.09. The van der Waals surface area contributed by atoms with E-state index < -0.39 is 0 Å². The molecule has 58 valence electrons. The SMILES string of the molecule is C=C(NOC)c1ccccn1. The number of rotatable bonds is 3. The molecule has 1 N–H and O–H groups in total. The zero-order chi connectivity index (χ0) is 8.10. The van der Waals surface area contributed by atoms with E-state index in [-0.39, 0.29) is 0 Å². The van der Waals surface area contributed by atoms with Gasteiger partial charge in [-0.2, -0.15) is 0 Å². The highest BCUT2D eigenvalue weighted by molar-refractivity contribution is 5.56. The first-order valence-electron chi connectivity index (χ1n) is 3.24. The Hall–Kier alpha value is -1.35. The zero-order valence-corrected chi connectivity index (χ0v) is 6.37. The van der Waals surface area contributed by atoms with Gasteiger partial charge in [-0.3, -0.25) is 15.3 Å². The van der Waals surface area contributed by atoms with E-state index in [4.69, 9.17) is 0 Å². The summed E-state index contributed by atoms with van der Waals surface area (Å²) in [5.41, 5.74) is 4.05. The molecule has 0 saturated heterocycles. The topological polar surface area (TPSA) is 34.1 Å². The standard InChI is InChI=1S/C8H10N2O/c1-7(10-11-2)8-5-3-4-6-9-8/h3-6,10H,1H2,2H3. The lowest BCUT2D eigenvalue weighted by atomic mass is 10.3. The number of nitrogens with zero attached hydrogens (tertiary/aromatic N) is 1. The van der Waals surface area contributed by atoms with Crippen molar-refractivity contribution < 1.29 is 4.84 Å². The molecular formula is C8H10N2O. The van der Waals surface area contributed by atoms with Crippen molar-refractivity contribution in [1.29, 1.82) is 0 Å². The van der Waals surface area contributed by atoms with Gasteiger partial charge in [0, 0.05) is 6.20 Å². The molecule has 1 aromatic rings. The van der Waals surface area contributed by atoms with Gasteiger partial charge in [0.1, 0.15) is 0 Å². The van der Waals surface area contributed by atoms with Gasteiger partial charge in [-0.15, -0.1) is 0 Å². The van der Waals surface area contributed by atoms with Gasteiger partial charge in [0.05, 0.1) is 18.5 Å². The van der Waals surface area contributed by atoms with Crippen LogP contribution in [0.15, 0.2) is 31.0 Å². The molecule has 1 aromatic heterocycles. The van der Waals surface area contributed by atoms with Crippen LogP contribution in [0.5, 0.6) is 0 Å². The molecule has 0 radical (unpaired) electrons. The average Bonchev–Trinajstić information content (AvgIpc) is 2.07. The number of hydroxylamine groups is 1. The molecule has 1 heterocycles.